The summed E-state index contributed by atoms with van der Waals surface area (Å²) in [5.41, 5.74) is 1.72. The molecule has 0 fully saturated rings. The van der Waals surface area contributed by atoms with E-state index in [0.29, 0.717) is 23.6 Å². The molecule has 0 unspecified atom stereocenters. The summed E-state index contributed by atoms with van der Waals surface area (Å²) in [5.74, 6) is 0.00557. The van der Waals surface area contributed by atoms with E-state index in [1.54, 1.807) is 19.1 Å². The topological polar surface area (TPSA) is 77.5 Å². The third-order valence-corrected chi connectivity index (χ3v) is 3.03. The zero-order valence-corrected chi connectivity index (χ0v) is 11.3. The Balaban J connectivity index is 2.14. The van der Waals surface area contributed by atoms with Crippen molar-refractivity contribution in [1.82, 2.24) is 0 Å². The van der Waals surface area contributed by atoms with Crippen molar-refractivity contribution in [2.75, 3.05) is 11.9 Å². The van der Waals surface area contributed by atoms with E-state index in [4.69, 9.17) is 14.8 Å². The van der Waals surface area contributed by atoms with Gasteiger partial charge in [0.2, 0.25) is 0 Å². The van der Waals surface area contributed by atoms with Crippen LogP contribution in [0.5, 0.6) is 0 Å². The first-order valence-corrected chi connectivity index (χ1v) is 6.05. The van der Waals surface area contributed by atoms with Gasteiger partial charge >= 0.3 is 5.97 Å². The Hall–Kier alpha value is -2.74. The van der Waals surface area contributed by atoms with Crippen LogP contribution in [-0.4, -0.2) is 18.1 Å². The third kappa shape index (κ3) is 2.81. The van der Waals surface area contributed by atoms with Crippen LogP contribution in [0.4, 0.5) is 5.69 Å². The smallest absolute Gasteiger partial charge is 0.339 e. The van der Waals surface area contributed by atoms with Crippen LogP contribution >= 0.6 is 0 Å². The highest BCUT2D eigenvalue weighted by Crippen LogP contribution is 2.20. The molecule has 0 aliphatic heterocycles. The molecule has 2 rings (SSSR count). The molecule has 0 atom stereocenters. The number of benzene rings is 1. The van der Waals surface area contributed by atoms with Gasteiger partial charge < -0.3 is 14.4 Å². The number of rotatable bonds is 4. The van der Waals surface area contributed by atoms with Gasteiger partial charge in [0, 0.05) is 12.7 Å². The Morgan fingerprint density at radius 2 is 2.05 bits per heavy atom. The molecule has 0 saturated carbocycles. The second-order valence-electron chi connectivity index (χ2n) is 4.50. The van der Waals surface area contributed by atoms with Gasteiger partial charge in [-0.2, -0.15) is 5.26 Å². The largest absolute Gasteiger partial charge is 0.478 e. The monoisotopic (exact) mass is 270 g/mol. The van der Waals surface area contributed by atoms with Crippen LogP contribution in [0.1, 0.15) is 27.4 Å². The average molecular weight is 270 g/mol. The Morgan fingerprint density at radius 3 is 2.55 bits per heavy atom. The lowest BCUT2D eigenvalue weighted by atomic mass is 10.2. The number of hydrogen-bond donors (Lipinski definition) is 1. The number of nitrogens with zero attached hydrogens (tertiary/aromatic N) is 2. The zero-order chi connectivity index (χ0) is 14.7. The number of aryl methyl sites for hydroxylation is 1. The van der Waals surface area contributed by atoms with E-state index in [1.165, 1.54) is 6.07 Å². The van der Waals surface area contributed by atoms with Gasteiger partial charge in [-0.25, -0.2) is 4.79 Å². The molecule has 20 heavy (non-hydrogen) atoms. The minimum Gasteiger partial charge on any atom is -0.478 e. The van der Waals surface area contributed by atoms with Crippen LogP contribution in [0.25, 0.3) is 0 Å². The Kier molecular flexibility index (Phi) is 3.76. The maximum atomic E-state index is 11.0. The standard InChI is InChI=1S/C15H14N2O3/c1-10-14(15(18)19)7-13(20-10)9-17(2)12-5-3-11(8-16)4-6-12/h3-7H,9H2,1-2H3,(H,18,19). The van der Waals surface area contributed by atoms with E-state index in [9.17, 15) is 4.79 Å². The van der Waals surface area contributed by atoms with Gasteiger partial charge in [-0.1, -0.05) is 0 Å². The van der Waals surface area contributed by atoms with E-state index in [0.717, 1.165) is 5.69 Å². The lowest BCUT2D eigenvalue weighted by Gasteiger charge is -2.17. The van der Waals surface area contributed by atoms with E-state index in [2.05, 4.69) is 6.07 Å². The quantitative estimate of drug-likeness (QED) is 0.924. The van der Waals surface area contributed by atoms with Crippen molar-refractivity contribution in [2.45, 2.75) is 13.5 Å². The molecule has 102 valence electrons. The second-order valence-corrected chi connectivity index (χ2v) is 4.50. The van der Waals surface area contributed by atoms with Crippen LogP contribution in [0.3, 0.4) is 0 Å². The third-order valence-electron chi connectivity index (χ3n) is 3.03. The summed E-state index contributed by atoms with van der Waals surface area (Å²) < 4.78 is 5.44. The van der Waals surface area contributed by atoms with Crippen LogP contribution in [0.15, 0.2) is 34.7 Å². The number of anilines is 1. The first-order chi connectivity index (χ1) is 9.51. The molecular weight excluding hydrogens is 256 g/mol. The molecule has 0 bridgehead atoms. The molecule has 1 heterocycles. The van der Waals surface area contributed by atoms with Gasteiger partial charge in [0.25, 0.3) is 0 Å². The van der Waals surface area contributed by atoms with Crippen molar-refractivity contribution in [3.05, 3.63) is 53.0 Å². The predicted molar refractivity (Wildman–Crippen MR) is 73.7 cm³/mol. The summed E-state index contributed by atoms with van der Waals surface area (Å²) in [6.07, 6.45) is 0. The average Bonchev–Trinajstić information content (AvgIpc) is 2.79. The first-order valence-electron chi connectivity index (χ1n) is 6.05. The SMILES string of the molecule is Cc1oc(CN(C)c2ccc(C#N)cc2)cc1C(=O)O. The maximum absolute atomic E-state index is 11.0. The van der Waals surface area contributed by atoms with Gasteiger partial charge in [0.05, 0.1) is 18.2 Å². The highest BCUT2D eigenvalue weighted by atomic mass is 16.4. The van der Waals surface area contributed by atoms with E-state index in [1.807, 2.05) is 24.1 Å². The molecule has 5 heteroatoms. The highest BCUT2D eigenvalue weighted by molar-refractivity contribution is 5.88. The zero-order valence-electron chi connectivity index (χ0n) is 11.3. The fraction of sp³-hybridized carbons (Fsp3) is 0.200. The number of hydrogen-bond acceptors (Lipinski definition) is 4. The molecule has 0 aliphatic carbocycles. The molecule has 2 aromatic rings. The van der Waals surface area contributed by atoms with Crippen molar-refractivity contribution < 1.29 is 14.3 Å². The summed E-state index contributed by atoms with van der Waals surface area (Å²) in [5, 5.41) is 17.7. The molecule has 1 aromatic carbocycles. The van der Waals surface area contributed by atoms with Crippen molar-refractivity contribution in [1.29, 1.82) is 5.26 Å². The fourth-order valence-corrected chi connectivity index (χ4v) is 1.95. The van der Waals surface area contributed by atoms with Crippen molar-refractivity contribution in [3.63, 3.8) is 0 Å². The van der Waals surface area contributed by atoms with Crippen LogP contribution < -0.4 is 4.90 Å². The molecule has 0 spiro atoms. The number of carbonyl (C=O) groups is 1. The van der Waals surface area contributed by atoms with Gasteiger partial charge in [-0.05, 0) is 37.3 Å². The molecule has 1 N–H and O–H groups in total. The molecular formula is C15H14N2O3. The van der Waals surface area contributed by atoms with Crippen molar-refractivity contribution in [3.8, 4) is 6.07 Å². The minimum absolute atomic E-state index is 0.188. The molecule has 0 amide bonds. The Labute approximate surface area is 116 Å². The fourth-order valence-electron chi connectivity index (χ4n) is 1.95. The molecule has 0 saturated heterocycles. The molecule has 0 aliphatic rings. The van der Waals surface area contributed by atoms with Crippen molar-refractivity contribution in [2.24, 2.45) is 0 Å². The van der Waals surface area contributed by atoms with Crippen molar-refractivity contribution >= 4 is 11.7 Å². The molecule has 0 radical (unpaired) electrons. The minimum atomic E-state index is -0.987. The highest BCUT2D eigenvalue weighted by Gasteiger charge is 2.14. The summed E-state index contributed by atoms with van der Waals surface area (Å²) >= 11 is 0. The van der Waals surface area contributed by atoms with Gasteiger partial charge in [0.15, 0.2) is 0 Å². The van der Waals surface area contributed by atoms with Crippen LogP contribution in [0, 0.1) is 18.3 Å². The first kappa shape index (κ1) is 13.7. The number of carboxylic acids is 1. The van der Waals surface area contributed by atoms with Crippen LogP contribution in [-0.2, 0) is 6.54 Å². The van der Waals surface area contributed by atoms with E-state index < -0.39 is 5.97 Å². The summed E-state index contributed by atoms with van der Waals surface area (Å²) in [6.45, 7) is 2.09. The number of furan rings is 1. The number of aromatic carboxylic acids is 1. The number of nitriles is 1. The van der Waals surface area contributed by atoms with E-state index in [-0.39, 0.29) is 5.56 Å². The predicted octanol–water partition coefficient (Wildman–Crippen LogP) is 2.79. The lowest BCUT2D eigenvalue weighted by Crippen LogP contribution is -2.15. The number of carboxylic acid groups (broad SMARTS) is 1. The second kappa shape index (κ2) is 5.49. The summed E-state index contributed by atoms with van der Waals surface area (Å²) in [4.78, 5) is 12.9. The van der Waals surface area contributed by atoms with Gasteiger partial charge in [-0.3, -0.25) is 0 Å². The van der Waals surface area contributed by atoms with Gasteiger partial charge in [-0.15, -0.1) is 0 Å². The Morgan fingerprint density at radius 1 is 1.40 bits per heavy atom. The lowest BCUT2D eigenvalue weighted by molar-refractivity contribution is 0.0695. The Bertz CT molecular complexity index is 665. The normalized spacial score (nSPS) is 10.1. The molecule has 5 nitrogen and oxygen atoms in total. The maximum Gasteiger partial charge on any atom is 0.339 e. The summed E-state index contributed by atoms with van der Waals surface area (Å²) in [6, 6.07) is 10.8. The van der Waals surface area contributed by atoms with Crippen LogP contribution in [0.2, 0.25) is 0 Å². The van der Waals surface area contributed by atoms with Gasteiger partial charge in [0.1, 0.15) is 17.1 Å². The summed E-state index contributed by atoms with van der Waals surface area (Å²) in [7, 11) is 1.87. The van der Waals surface area contributed by atoms with E-state index >= 15 is 0 Å². The molecule has 1 aromatic heterocycles.